The van der Waals surface area contributed by atoms with Crippen molar-refractivity contribution in [2.24, 2.45) is 0 Å². The molecule has 0 spiro atoms. The molecule has 0 saturated heterocycles. The van der Waals surface area contributed by atoms with Crippen LogP contribution in [0, 0.1) is 0 Å². The monoisotopic (exact) mass is 319 g/mol. The second-order valence-corrected chi connectivity index (χ2v) is 12.6. The SMILES string of the molecule is CC(C)(C)OC(=O)N(CCO)CCO[Si](C)(C)C(C)(C)C. The second kappa shape index (κ2) is 7.60. The van der Waals surface area contributed by atoms with Crippen LogP contribution in [0.2, 0.25) is 18.1 Å². The third-order valence-corrected chi connectivity index (χ3v) is 8.19. The van der Waals surface area contributed by atoms with E-state index in [-0.39, 0.29) is 18.2 Å². The van der Waals surface area contributed by atoms with Crippen molar-refractivity contribution < 1.29 is 19.1 Å². The Morgan fingerprint density at radius 1 is 1.10 bits per heavy atom. The van der Waals surface area contributed by atoms with Crippen molar-refractivity contribution in [3.05, 3.63) is 0 Å². The van der Waals surface area contributed by atoms with Gasteiger partial charge in [0.25, 0.3) is 0 Å². The number of hydrogen-bond acceptors (Lipinski definition) is 4. The molecule has 0 rings (SSSR count). The molecular weight excluding hydrogens is 286 g/mol. The van der Waals surface area contributed by atoms with Gasteiger partial charge in [0.1, 0.15) is 5.60 Å². The summed E-state index contributed by atoms with van der Waals surface area (Å²) < 4.78 is 11.4. The van der Waals surface area contributed by atoms with Gasteiger partial charge in [-0.2, -0.15) is 0 Å². The largest absolute Gasteiger partial charge is 0.444 e. The van der Waals surface area contributed by atoms with E-state index >= 15 is 0 Å². The zero-order valence-electron chi connectivity index (χ0n) is 14.9. The maximum atomic E-state index is 12.0. The fourth-order valence-electron chi connectivity index (χ4n) is 1.37. The average Bonchev–Trinajstić information content (AvgIpc) is 2.23. The molecule has 0 bridgehead atoms. The van der Waals surface area contributed by atoms with Crippen LogP contribution < -0.4 is 0 Å². The van der Waals surface area contributed by atoms with E-state index in [4.69, 9.17) is 14.3 Å². The maximum Gasteiger partial charge on any atom is 0.410 e. The Morgan fingerprint density at radius 3 is 2.00 bits per heavy atom. The van der Waals surface area contributed by atoms with Crippen LogP contribution in [-0.2, 0) is 9.16 Å². The van der Waals surface area contributed by atoms with Crippen LogP contribution in [0.3, 0.4) is 0 Å². The molecular formula is C15H33NO4Si. The molecule has 5 nitrogen and oxygen atoms in total. The molecule has 21 heavy (non-hydrogen) atoms. The number of rotatable bonds is 6. The molecule has 0 fully saturated rings. The number of carbonyl (C=O) groups is 1. The van der Waals surface area contributed by atoms with Crippen molar-refractivity contribution in [3.8, 4) is 0 Å². The summed E-state index contributed by atoms with van der Waals surface area (Å²) in [5, 5.41) is 9.23. The third-order valence-electron chi connectivity index (χ3n) is 3.65. The number of aliphatic hydroxyl groups excluding tert-OH is 1. The summed E-state index contributed by atoms with van der Waals surface area (Å²) in [4.78, 5) is 13.5. The zero-order valence-corrected chi connectivity index (χ0v) is 15.9. The number of aliphatic hydroxyl groups is 1. The van der Waals surface area contributed by atoms with Gasteiger partial charge in [-0.05, 0) is 38.9 Å². The molecule has 0 aliphatic rings. The third kappa shape index (κ3) is 7.83. The number of ether oxygens (including phenoxy) is 1. The Bertz CT molecular complexity index is 332. The van der Waals surface area contributed by atoms with E-state index in [0.29, 0.717) is 13.2 Å². The van der Waals surface area contributed by atoms with E-state index in [1.165, 1.54) is 4.90 Å². The van der Waals surface area contributed by atoms with Crippen LogP contribution in [0.5, 0.6) is 0 Å². The van der Waals surface area contributed by atoms with E-state index < -0.39 is 20.0 Å². The minimum absolute atomic E-state index is 0.0840. The number of carbonyl (C=O) groups excluding carboxylic acids is 1. The fraction of sp³-hybridized carbons (Fsp3) is 0.933. The maximum absolute atomic E-state index is 12.0. The summed E-state index contributed by atoms with van der Waals surface area (Å²) in [6.45, 7) is 17.5. The van der Waals surface area contributed by atoms with E-state index in [0.717, 1.165) is 0 Å². The van der Waals surface area contributed by atoms with Gasteiger partial charge >= 0.3 is 6.09 Å². The summed E-state index contributed by atoms with van der Waals surface area (Å²) in [6.07, 6.45) is -0.407. The average molecular weight is 320 g/mol. The molecule has 1 amide bonds. The van der Waals surface area contributed by atoms with E-state index in [2.05, 4.69) is 33.9 Å². The summed E-state index contributed by atoms with van der Waals surface area (Å²) in [7, 11) is -1.82. The van der Waals surface area contributed by atoms with Crippen LogP contribution >= 0.6 is 0 Å². The molecule has 0 radical (unpaired) electrons. The predicted molar refractivity (Wildman–Crippen MR) is 88.0 cm³/mol. The van der Waals surface area contributed by atoms with Crippen LogP contribution in [0.4, 0.5) is 4.79 Å². The highest BCUT2D eigenvalue weighted by Gasteiger charge is 2.37. The Labute approximate surface area is 130 Å². The molecule has 0 aliphatic carbocycles. The quantitative estimate of drug-likeness (QED) is 0.764. The number of hydrogen-bond donors (Lipinski definition) is 1. The topological polar surface area (TPSA) is 59.0 Å². The summed E-state index contributed by atoms with van der Waals surface area (Å²) in [6, 6.07) is 0. The highest BCUT2D eigenvalue weighted by atomic mass is 28.4. The summed E-state index contributed by atoms with van der Waals surface area (Å²) >= 11 is 0. The van der Waals surface area contributed by atoms with Crippen molar-refractivity contribution in [1.82, 2.24) is 4.90 Å². The lowest BCUT2D eigenvalue weighted by Gasteiger charge is -2.37. The van der Waals surface area contributed by atoms with Gasteiger partial charge in [-0.1, -0.05) is 20.8 Å². The molecule has 0 aromatic carbocycles. The highest BCUT2D eigenvalue weighted by molar-refractivity contribution is 6.74. The van der Waals surface area contributed by atoms with Gasteiger partial charge in [0.2, 0.25) is 0 Å². The summed E-state index contributed by atoms with van der Waals surface area (Å²) in [5.74, 6) is 0. The molecule has 1 N–H and O–H groups in total. The van der Waals surface area contributed by atoms with Gasteiger partial charge in [-0.25, -0.2) is 4.79 Å². The molecule has 0 saturated carbocycles. The Kier molecular flexibility index (Phi) is 7.39. The Morgan fingerprint density at radius 2 is 1.62 bits per heavy atom. The molecule has 6 heteroatoms. The molecule has 126 valence electrons. The molecule has 0 unspecified atom stereocenters. The van der Waals surface area contributed by atoms with Gasteiger partial charge in [0.05, 0.1) is 13.2 Å². The van der Waals surface area contributed by atoms with Crippen molar-refractivity contribution in [2.75, 3.05) is 26.3 Å². The van der Waals surface area contributed by atoms with E-state index in [1.54, 1.807) is 0 Å². The van der Waals surface area contributed by atoms with E-state index in [9.17, 15) is 4.79 Å². The smallest absolute Gasteiger partial charge is 0.410 e. The predicted octanol–water partition coefficient (Wildman–Crippen LogP) is 3.24. The van der Waals surface area contributed by atoms with Crippen molar-refractivity contribution in [3.63, 3.8) is 0 Å². The first-order valence-electron chi connectivity index (χ1n) is 7.53. The lowest BCUT2D eigenvalue weighted by Crippen LogP contribution is -2.45. The first-order chi connectivity index (χ1) is 9.30. The molecule has 0 aromatic heterocycles. The van der Waals surface area contributed by atoms with Crippen molar-refractivity contribution >= 4 is 14.4 Å². The first-order valence-corrected chi connectivity index (χ1v) is 10.4. The van der Waals surface area contributed by atoms with Gasteiger partial charge in [-0.15, -0.1) is 0 Å². The lowest BCUT2D eigenvalue weighted by molar-refractivity contribution is 0.0190. The van der Waals surface area contributed by atoms with Crippen molar-refractivity contribution in [2.45, 2.75) is 65.3 Å². The van der Waals surface area contributed by atoms with Crippen molar-refractivity contribution in [1.29, 1.82) is 0 Å². The molecule has 0 aliphatic heterocycles. The lowest BCUT2D eigenvalue weighted by atomic mass is 10.2. The normalized spacial score (nSPS) is 13.2. The van der Waals surface area contributed by atoms with Crippen LogP contribution in [0.1, 0.15) is 41.5 Å². The minimum Gasteiger partial charge on any atom is -0.444 e. The standard InChI is InChI=1S/C15H33NO4Si/c1-14(2,3)20-13(18)16(9-11-17)10-12-19-21(7,8)15(4,5)6/h17H,9-12H2,1-8H3. The van der Waals surface area contributed by atoms with Gasteiger partial charge in [0.15, 0.2) is 8.32 Å². The fourth-order valence-corrected chi connectivity index (χ4v) is 2.40. The summed E-state index contributed by atoms with van der Waals surface area (Å²) in [5.41, 5.74) is -0.537. The van der Waals surface area contributed by atoms with Gasteiger partial charge in [0, 0.05) is 13.1 Å². The van der Waals surface area contributed by atoms with Gasteiger partial charge in [-0.3, -0.25) is 0 Å². The van der Waals surface area contributed by atoms with E-state index in [1.807, 2.05) is 20.8 Å². The van der Waals surface area contributed by atoms with Gasteiger partial charge < -0.3 is 19.2 Å². The van der Waals surface area contributed by atoms with Crippen LogP contribution in [0.25, 0.3) is 0 Å². The number of amides is 1. The second-order valence-electron chi connectivity index (χ2n) is 7.80. The first kappa shape index (κ1) is 20.4. The molecule has 0 heterocycles. The Balaban J connectivity index is 4.51. The Hall–Kier alpha value is -0.593. The molecule has 0 atom stereocenters. The molecule has 0 aromatic rings. The highest BCUT2D eigenvalue weighted by Crippen LogP contribution is 2.36. The van der Waals surface area contributed by atoms with Crippen LogP contribution in [0.15, 0.2) is 0 Å². The van der Waals surface area contributed by atoms with Crippen LogP contribution in [-0.4, -0.2) is 56.3 Å². The zero-order chi connectivity index (χ0) is 16.9. The number of nitrogens with zero attached hydrogens (tertiary/aromatic N) is 1. The minimum atomic E-state index is -1.82.